The van der Waals surface area contributed by atoms with Crippen LogP contribution < -0.4 is 4.74 Å². The van der Waals surface area contributed by atoms with E-state index in [-0.39, 0.29) is 11.5 Å². The van der Waals surface area contributed by atoms with E-state index in [1.807, 2.05) is 24.3 Å². The Balaban J connectivity index is 1.98. The Kier molecular flexibility index (Phi) is 3.39. The molecule has 0 saturated carbocycles. The molecule has 0 aliphatic carbocycles. The number of aromatic nitrogens is 1. The number of ether oxygens (including phenoxy) is 1. The van der Waals surface area contributed by atoms with Crippen LogP contribution in [0.3, 0.4) is 0 Å². The molecular formula is C16H11F2NO2. The highest BCUT2D eigenvalue weighted by molar-refractivity contribution is 6.16. The van der Waals surface area contributed by atoms with E-state index < -0.39 is 6.61 Å². The van der Waals surface area contributed by atoms with Crippen molar-refractivity contribution in [2.24, 2.45) is 0 Å². The summed E-state index contributed by atoms with van der Waals surface area (Å²) >= 11 is 0. The number of nitrogens with one attached hydrogen (secondary N) is 1. The van der Waals surface area contributed by atoms with Crippen molar-refractivity contribution in [2.45, 2.75) is 6.61 Å². The third kappa shape index (κ3) is 2.63. The molecule has 1 N–H and O–H groups in total. The van der Waals surface area contributed by atoms with Gasteiger partial charge in [0.2, 0.25) is 0 Å². The number of halogens is 2. The lowest BCUT2D eigenvalue weighted by Crippen LogP contribution is -2.04. The maximum Gasteiger partial charge on any atom is 0.387 e. The summed E-state index contributed by atoms with van der Waals surface area (Å²) < 4.78 is 28.8. The summed E-state index contributed by atoms with van der Waals surface area (Å²) in [5, 5.41) is 0.794. The first-order valence-electron chi connectivity index (χ1n) is 6.31. The minimum atomic E-state index is -2.91. The molecule has 0 aliphatic heterocycles. The first-order valence-corrected chi connectivity index (χ1v) is 6.31. The number of fused-ring (bicyclic) bond motifs is 1. The number of H-pyrrole nitrogens is 1. The van der Waals surface area contributed by atoms with Crippen LogP contribution in [0.1, 0.15) is 15.9 Å². The fraction of sp³-hybridized carbons (Fsp3) is 0.0625. The Morgan fingerprint density at radius 2 is 1.90 bits per heavy atom. The summed E-state index contributed by atoms with van der Waals surface area (Å²) in [5.74, 6) is -0.275. The van der Waals surface area contributed by atoms with Gasteiger partial charge in [0.05, 0.1) is 0 Å². The summed E-state index contributed by atoms with van der Waals surface area (Å²) in [5.41, 5.74) is 1.65. The van der Waals surface area contributed by atoms with E-state index in [0.717, 1.165) is 10.9 Å². The lowest BCUT2D eigenvalue weighted by atomic mass is 10.0. The first kappa shape index (κ1) is 13.3. The van der Waals surface area contributed by atoms with Gasteiger partial charge in [-0.15, -0.1) is 0 Å². The highest BCUT2D eigenvalue weighted by atomic mass is 19.3. The second-order valence-electron chi connectivity index (χ2n) is 4.48. The van der Waals surface area contributed by atoms with Crippen molar-refractivity contribution in [2.75, 3.05) is 0 Å². The smallest absolute Gasteiger partial charge is 0.387 e. The molecule has 0 spiro atoms. The van der Waals surface area contributed by atoms with Crippen LogP contribution >= 0.6 is 0 Å². The largest absolute Gasteiger partial charge is 0.435 e. The molecule has 21 heavy (non-hydrogen) atoms. The number of hydrogen-bond donors (Lipinski definition) is 1. The lowest BCUT2D eigenvalue weighted by molar-refractivity contribution is -0.0498. The second-order valence-corrected chi connectivity index (χ2v) is 4.48. The first-order chi connectivity index (χ1) is 10.1. The van der Waals surface area contributed by atoms with Gasteiger partial charge in [0.15, 0.2) is 5.78 Å². The highest BCUT2D eigenvalue weighted by Gasteiger charge is 2.15. The Labute approximate surface area is 119 Å². The Hall–Kier alpha value is -2.69. The monoisotopic (exact) mass is 287 g/mol. The van der Waals surface area contributed by atoms with E-state index in [1.165, 1.54) is 18.2 Å². The van der Waals surface area contributed by atoms with Gasteiger partial charge in [-0.2, -0.15) is 8.78 Å². The second kappa shape index (κ2) is 5.36. The van der Waals surface area contributed by atoms with Crippen molar-refractivity contribution < 1.29 is 18.3 Å². The number of carbonyl (C=O) groups excluding carboxylic acids is 1. The molecule has 106 valence electrons. The summed E-state index contributed by atoms with van der Waals surface area (Å²) in [7, 11) is 0. The normalized spacial score (nSPS) is 11.0. The number of ketones is 1. The van der Waals surface area contributed by atoms with Crippen LogP contribution in [0.4, 0.5) is 8.78 Å². The highest BCUT2D eigenvalue weighted by Crippen LogP contribution is 2.23. The van der Waals surface area contributed by atoms with Crippen LogP contribution in [0.15, 0.2) is 54.7 Å². The van der Waals surface area contributed by atoms with Crippen LogP contribution in [0.5, 0.6) is 5.75 Å². The average Bonchev–Trinajstić information content (AvgIpc) is 2.90. The molecule has 0 aliphatic rings. The van der Waals surface area contributed by atoms with Gasteiger partial charge in [0.1, 0.15) is 5.75 Å². The van der Waals surface area contributed by atoms with E-state index in [9.17, 15) is 13.6 Å². The van der Waals surface area contributed by atoms with Gasteiger partial charge in [-0.1, -0.05) is 30.3 Å². The molecule has 0 amide bonds. The minimum absolute atomic E-state index is 0.0318. The van der Waals surface area contributed by atoms with Crippen molar-refractivity contribution >= 4 is 16.7 Å². The molecule has 3 rings (SSSR count). The average molecular weight is 287 g/mol. The van der Waals surface area contributed by atoms with Gasteiger partial charge in [-0.25, -0.2) is 0 Å². The molecule has 0 fully saturated rings. The number of carbonyl (C=O) groups is 1. The molecule has 1 aromatic heterocycles. The van der Waals surface area contributed by atoms with Crippen LogP contribution in [-0.2, 0) is 0 Å². The molecule has 0 saturated heterocycles. The van der Waals surface area contributed by atoms with Crippen LogP contribution in [0.25, 0.3) is 10.9 Å². The maximum atomic E-state index is 12.5. The van der Waals surface area contributed by atoms with Gasteiger partial charge in [0.25, 0.3) is 0 Å². The van der Waals surface area contributed by atoms with E-state index >= 15 is 0 Å². The lowest BCUT2D eigenvalue weighted by Gasteiger charge is -2.06. The molecule has 5 heteroatoms. The van der Waals surface area contributed by atoms with Crippen LogP contribution in [-0.4, -0.2) is 17.4 Å². The fourth-order valence-electron chi connectivity index (χ4n) is 2.23. The predicted octanol–water partition coefficient (Wildman–Crippen LogP) is 4.00. The molecule has 0 unspecified atom stereocenters. The van der Waals surface area contributed by atoms with Gasteiger partial charge in [0, 0.05) is 28.2 Å². The molecular weight excluding hydrogens is 276 g/mol. The summed E-state index contributed by atoms with van der Waals surface area (Å²) in [4.78, 5) is 15.5. The van der Waals surface area contributed by atoms with Crippen molar-refractivity contribution in [1.29, 1.82) is 0 Å². The van der Waals surface area contributed by atoms with Crippen LogP contribution in [0.2, 0.25) is 0 Å². The third-order valence-corrected chi connectivity index (χ3v) is 3.16. The Bertz CT molecular complexity index is 796. The number of hydrogen-bond acceptors (Lipinski definition) is 2. The number of benzene rings is 2. The summed E-state index contributed by atoms with van der Waals surface area (Å²) in [6.07, 6.45) is 1.62. The third-order valence-electron chi connectivity index (χ3n) is 3.16. The fourth-order valence-corrected chi connectivity index (χ4v) is 2.23. The zero-order chi connectivity index (χ0) is 14.8. The van der Waals surface area contributed by atoms with Crippen molar-refractivity contribution in [3.8, 4) is 5.75 Å². The molecule has 3 aromatic rings. The van der Waals surface area contributed by atoms with Gasteiger partial charge in [-0.05, 0) is 18.2 Å². The molecule has 0 atom stereocenters. The molecule has 2 aromatic carbocycles. The Morgan fingerprint density at radius 1 is 1.10 bits per heavy atom. The van der Waals surface area contributed by atoms with E-state index in [1.54, 1.807) is 12.3 Å². The predicted molar refractivity (Wildman–Crippen MR) is 74.8 cm³/mol. The molecule has 0 bridgehead atoms. The zero-order valence-corrected chi connectivity index (χ0v) is 10.8. The van der Waals surface area contributed by atoms with E-state index in [4.69, 9.17) is 0 Å². The number of rotatable bonds is 4. The molecule has 3 nitrogen and oxygen atoms in total. The molecule has 0 radical (unpaired) electrons. The summed E-state index contributed by atoms with van der Waals surface area (Å²) in [6, 6.07) is 13.2. The maximum absolute atomic E-state index is 12.5. The van der Waals surface area contributed by atoms with Gasteiger partial charge >= 0.3 is 6.61 Å². The van der Waals surface area contributed by atoms with Crippen LogP contribution in [0, 0.1) is 0 Å². The molecule has 1 heterocycles. The standard InChI is InChI=1S/C16H11F2NO2/c17-16(18)21-11-5-3-4-10(8-11)15(20)13-9-19-14-7-2-1-6-12(13)14/h1-9,16,19H. The van der Waals surface area contributed by atoms with Gasteiger partial charge < -0.3 is 9.72 Å². The Morgan fingerprint density at radius 3 is 2.71 bits per heavy atom. The van der Waals surface area contributed by atoms with Crippen molar-refractivity contribution in [1.82, 2.24) is 4.98 Å². The van der Waals surface area contributed by atoms with E-state index in [2.05, 4.69) is 9.72 Å². The van der Waals surface area contributed by atoms with Gasteiger partial charge in [-0.3, -0.25) is 4.79 Å². The minimum Gasteiger partial charge on any atom is -0.435 e. The summed E-state index contributed by atoms with van der Waals surface area (Å²) in [6.45, 7) is -2.91. The number of alkyl halides is 2. The zero-order valence-electron chi connectivity index (χ0n) is 10.8. The number of aromatic amines is 1. The van der Waals surface area contributed by atoms with Crippen molar-refractivity contribution in [3.63, 3.8) is 0 Å². The van der Waals surface area contributed by atoms with E-state index in [0.29, 0.717) is 11.1 Å². The SMILES string of the molecule is O=C(c1cccc(OC(F)F)c1)c1c[nH]c2ccccc12. The van der Waals surface area contributed by atoms with Crippen molar-refractivity contribution in [3.05, 3.63) is 65.9 Å². The topological polar surface area (TPSA) is 42.1 Å². The number of para-hydroxylation sites is 1. The quantitative estimate of drug-likeness (QED) is 0.737.